The lowest BCUT2D eigenvalue weighted by Gasteiger charge is -2.35. The van der Waals surface area contributed by atoms with E-state index in [0.717, 1.165) is 34.1 Å². The van der Waals surface area contributed by atoms with Gasteiger partial charge in [0.05, 0.1) is 30.5 Å². The first-order valence-corrected chi connectivity index (χ1v) is 15.1. The number of benzene rings is 1. The van der Waals surface area contributed by atoms with Gasteiger partial charge in [-0.15, -0.1) is 14.8 Å². The zero-order valence-electron chi connectivity index (χ0n) is 19.9. The molecule has 1 saturated carbocycles. The molecule has 14 heteroatoms. The third-order valence-corrected chi connectivity index (χ3v) is 6.96. The van der Waals surface area contributed by atoms with Crippen LogP contribution in [0.25, 0.3) is 16.7 Å². The highest BCUT2D eigenvalue weighted by molar-refractivity contribution is 7.89. The van der Waals surface area contributed by atoms with Crippen LogP contribution in [0.15, 0.2) is 42.7 Å². The van der Waals surface area contributed by atoms with Crippen molar-refractivity contribution in [3.63, 3.8) is 0 Å². The minimum Gasteiger partial charge on any atom is -0.351 e. The largest absolute Gasteiger partial charge is 0.351 e. The predicted molar refractivity (Wildman–Crippen MR) is 136 cm³/mol. The molecule has 0 bridgehead atoms. The number of fused-ring (bicyclic) bond motifs is 1. The first kappa shape index (κ1) is 26.0. The van der Waals surface area contributed by atoms with Crippen LogP contribution in [0.2, 0.25) is 0 Å². The molecular weight excluding hydrogens is 504 g/mol. The van der Waals surface area contributed by atoms with Crippen LogP contribution in [-0.4, -0.2) is 61.1 Å². The molecule has 3 aromatic rings. The quantitative estimate of drug-likeness (QED) is 0.346. The highest BCUT2D eigenvalue weighted by Crippen LogP contribution is 2.26. The summed E-state index contributed by atoms with van der Waals surface area (Å²) in [6.45, 7) is 0. The zero-order valence-corrected chi connectivity index (χ0v) is 21.6. The first-order chi connectivity index (χ1) is 17.0. The van der Waals surface area contributed by atoms with Crippen molar-refractivity contribution in [1.29, 1.82) is 5.26 Å². The fourth-order valence-electron chi connectivity index (χ4n) is 4.41. The van der Waals surface area contributed by atoms with E-state index in [9.17, 15) is 16.8 Å². The van der Waals surface area contributed by atoms with Crippen molar-refractivity contribution in [2.24, 2.45) is 0 Å². The molecule has 192 valence electrons. The molecule has 2 heterocycles. The van der Waals surface area contributed by atoms with E-state index in [1.807, 2.05) is 41.1 Å². The number of aromatic nitrogens is 3. The second-order valence-corrected chi connectivity index (χ2v) is 12.3. The number of hydrogen-bond acceptors (Lipinski definition) is 9. The summed E-state index contributed by atoms with van der Waals surface area (Å²) in [5.41, 5.74) is 1.91. The summed E-state index contributed by atoms with van der Waals surface area (Å²) < 4.78 is 48.8. The Balaban J connectivity index is 1.45. The fraction of sp³-hybridized carbons (Fsp3) is 0.409. The maximum Gasteiger partial charge on any atom is 0.224 e. The van der Waals surface area contributed by atoms with Gasteiger partial charge in [-0.3, -0.25) is 0 Å². The maximum absolute atomic E-state index is 11.7. The summed E-state index contributed by atoms with van der Waals surface area (Å²) in [5.74, 6) is 1.15. The number of hydrazine groups is 2. The summed E-state index contributed by atoms with van der Waals surface area (Å²) in [6, 6.07) is 11.5. The summed E-state index contributed by atoms with van der Waals surface area (Å²) in [7, 11) is -7.32. The Bertz CT molecular complexity index is 1460. The molecule has 12 nitrogen and oxygen atoms in total. The van der Waals surface area contributed by atoms with Gasteiger partial charge in [0, 0.05) is 29.9 Å². The van der Waals surface area contributed by atoms with Crippen molar-refractivity contribution in [2.45, 2.75) is 44.2 Å². The van der Waals surface area contributed by atoms with Crippen molar-refractivity contribution in [3.8, 4) is 11.9 Å². The Labute approximate surface area is 210 Å². The zero-order chi connectivity index (χ0) is 25.9. The first-order valence-electron chi connectivity index (χ1n) is 11.3. The van der Waals surface area contributed by atoms with E-state index in [2.05, 4.69) is 31.0 Å². The molecule has 2 aromatic heterocycles. The predicted octanol–water partition coefficient (Wildman–Crippen LogP) is 1.44. The Kier molecular flexibility index (Phi) is 7.57. The van der Waals surface area contributed by atoms with Crippen LogP contribution in [0.3, 0.4) is 0 Å². The lowest BCUT2D eigenvalue weighted by atomic mass is 9.91. The molecule has 3 N–H and O–H groups in total. The van der Waals surface area contributed by atoms with E-state index in [-0.39, 0.29) is 12.1 Å². The van der Waals surface area contributed by atoms with Gasteiger partial charge in [0.25, 0.3) is 0 Å². The van der Waals surface area contributed by atoms with Gasteiger partial charge in [0.1, 0.15) is 5.82 Å². The summed E-state index contributed by atoms with van der Waals surface area (Å²) in [6.07, 6.45) is 8.29. The van der Waals surface area contributed by atoms with E-state index in [1.165, 1.54) is 0 Å². The number of nitrogens with one attached hydrogen (secondary N) is 3. The number of rotatable bonds is 9. The lowest BCUT2D eigenvalue weighted by Crippen LogP contribution is -2.58. The third-order valence-electron chi connectivity index (χ3n) is 5.90. The Morgan fingerprint density at radius 2 is 1.75 bits per heavy atom. The molecule has 36 heavy (non-hydrogen) atoms. The van der Waals surface area contributed by atoms with Gasteiger partial charge in [-0.1, -0.05) is 12.1 Å². The standard InChI is InChI=1S/C22H28N8O4S2/c1-35(31,32)27-30(28-36(2,33)34)18-8-6-17(7-9-18)25-22-24-14-11-21(26-22)29-15-12-19-16(10-13-23)4-3-5-20(19)29/h3-5,11-12,14-15,17-18,27-28H,6-10H2,1-2H3,(H,24,25,26). The van der Waals surface area contributed by atoms with Crippen LogP contribution in [0.4, 0.5) is 5.95 Å². The third kappa shape index (κ3) is 6.56. The van der Waals surface area contributed by atoms with Crippen molar-refractivity contribution >= 4 is 36.9 Å². The molecule has 1 fully saturated rings. The van der Waals surface area contributed by atoms with Crippen molar-refractivity contribution < 1.29 is 16.8 Å². The van der Waals surface area contributed by atoms with Crippen LogP contribution in [0.1, 0.15) is 31.2 Å². The monoisotopic (exact) mass is 532 g/mol. The molecule has 1 aliphatic carbocycles. The minimum atomic E-state index is -3.66. The van der Waals surface area contributed by atoms with Crippen molar-refractivity contribution in [3.05, 3.63) is 48.3 Å². The summed E-state index contributed by atoms with van der Waals surface area (Å²) in [4.78, 5) is 13.5. The maximum atomic E-state index is 11.7. The van der Waals surface area contributed by atoms with Crippen LogP contribution < -0.4 is 15.0 Å². The van der Waals surface area contributed by atoms with Gasteiger partial charge in [0.15, 0.2) is 0 Å². The van der Waals surface area contributed by atoms with E-state index >= 15 is 0 Å². The van der Waals surface area contributed by atoms with E-state index in [4.69, 9.17) is 5.26 Å². The van der Waals surface area contributed by atoms with Crippen molar-refractivity contribution in [2.75, 3.05) is 17.8 Å². The Morgan fingerprint density at radius 3 is 2.39 bits per heavy atom. The topological polar surface area (TPSA) is 162 Å². The number of nitrogens with zero attached hydrogens (tertiary/aromatic N) is 5. The SMILES string of the molecule is CS(=O)(=O)NN(NS(C)(=O)=O)C1CCC(Nc2nccc(-n3ccc4c(CC#N)cccc43)n2)CC1. The van der Waals surface area contributed by atoms with Crippen molar-refractivity contribution in [1.82, 2.24) is 29.3 Å². The van der Waals surface area contributed by atoms with Gasteiger partial charge in [-0.2, -0.15) is 10.2 Å². The smallest absolute Gasteiger partial charge is 0.224 e. The second-order valence-electron chi connectivity index (χ2n) is 8.86. The highest BCUT2D eigenvalue weighted by Gasteiger charge is 2.29. The molecule has 0 radical (unpaired) electrons. The molecule has 0 amide bonds. The number of anilines is 1. The number of hydrogen-bond donors (Lipinski definition) is 3. The molecule has 1 aliphatic rings. The average molecular weight is 533 g/mol. The van der Waals surface area contributed by atoms with Crippen LogP contribution in [0, 0.1) is 11.3 Å². The summed E-state index contributed by atoms with van der Waals surface area (Å²) in [5, 5.41) is 14.5. The second kappa shape index (κ2) is 10.5. The molecule has 1 aromatic carbocycles. The van der Waals surface area contributed by atoms with Gasteiger partial charge in [-0.25, -0.2) is 21.8 Å². The average Bonchev–Trinajstić information content (AvgIpc) is 3.23. The molecule has 0 aliphatic heterocycles. The molecule has 0 atom stereocenters. The molecular formula is C22H28N8O4S2. The van der Waals surface area contributed by atoms with Crippen LogP contribution in [0.5, 0.6) is 0 Å². The normalized spacial score (nSPS) is 18.8. The fourth-order valence-corrected chi connectivity index (χ4v) is 5.57. The Morgan fingerprint density at radius 1 is 1.06 bits per heavy atom. The minimum absolute atomic E-state index is 0.0402. The summed E-state index contributed by atoms with van der Waals surface area (Å²) >= 11 is 0. The van der Waals surface area contributed by atoms with Gasteiger partial charge in [0.2, 0.25) is 26.0 Å². The molecule has 4 rings (SSSR count). The number of sulfonamides is 2. The van der Waals surface area contributed by atoms with Crippen LogP contribution >= 0.6 is 0 Å². The van der Waals surface area contributed by atoms with Gasteiger partial charge >= 0.3 is 0 Å². The molecule has 0 spiro atoms. The van der Waals surface area contributed by atoms with E-state index in [1.54, 1.807) is 6.20 Å². The molecule has 0 unspecified atom stereocenters. The van der Waals surface area contributed by atoms with E-state index in [0.29, 0.717) is 43.9 Å². The molecule has 0 saturated heterocycles. The van der Waals surface area contributed by atoms with E-state index < -0.39 is 20.0 Å². The Hall–Kier alpha value is -3.09. The van der Waals surface area contributed by atoms with Gasteiger partial charge in [-0.05, 0) is 49.4 Å². The number of nitriles is 1. The van der Waals surface area contributed by atoms with Crippen LogP contribution in [-0.2, 0) is 26.5 Å². The lowest BCUT2D eigenvalue weighted by molar-refractivity contribution is 0.103. The highest BCUT2D eigenvalue weighted by atomic mass is 32.2. The van der Waals surface area contributed by atoms with Gasteiger partial charge < -0.3 is 9.88 Å².